The average molecular weight is 156 g/mol. The molecule has 0 nitrogen and oxygen atoms in total. The third-order valence-corrected chi connectivity index (χ3v) is 3.28. The Morgan fingerprint density at radius 3 is 3.00 bits per heavy atom. The fourth-order valence-electron chi connectivity index (χ4n) is 1.36. The van der Waals surface area contributed by atoms with E-state index in [4.69, 9.17) is 0 Å². The molecule has 0 fully saturated rings. The molecule has 1 atom stereocenters. The average Bonchev–Trinajstić information content (AvgIpc) is 2.38. The van der Waals surface area contributed by atoms with Crippen LogP contribution in [-0.4, -0.2) is 5.75 Å². The minimum Gasteiger partial charge on any atom is -0.130 e. The highest BCUT2D eigenvalue weighted by molar-refractivity contribution is 8.03. The van der Waals surface area contributed by atoms with E-state index >= 15 is 0 Å². The van der Waals surface area contributed by atoms with Gasteiger partial charge in [-0.15, -0.1) is 11.8 Å². The van der Waals surface area contributed by atoms with Crippen LogP contribution in [0.25, 0.3) is 0 Å². The van der Waals surface area contributed by atoms with Crippen molar-refractivity contribution in [2.45, 2.75) is 33.1 Å². The molecule has 1 unspecified atom stereocenters. The molecule has 58 valence electrons. The lowest BCUT2D eigenvalue weighted by Gasteiger charge is -2.09. The van der Waals surface area contributed by atoms with E-state index in [1.54, 1.807) is 4.91 Å². The van der Waals surface area contributed by atoms with Gasteiger partial charge in [0, 0.05) is 5.75 Å². The van der Waals surface area contributed by atoms with E-state index in [0.29, 0.717) is 0 Å². The van der Waals surface area contributed by atoms with Crippen molar-refractivity contribution in [3.05, 3.63) is 11.0 Å². The number of allylic oxidation sites excluding steroid dienone is 2. The van der Waals surface area contributed by atoms with Crippen LogP contribution in [0.2, 0.25) is 0 Å². The summed E-state index contributed by atoms with van der Waals surface area (Å²) in [4.78, 5) is 1.64. The number of hydrogen-bond acceptors (Lipinski definition) is 1. The van der Waals surface area contributed by atoms with Gasteiger partial charge in [-0.25, -0.2) is 0 Å². The Bertz CT molecular complexity index is 127. The third-order valence-electron chi connectivity index (χ3n) is 1.94. The second-order valence-electron chi connectivity index (χ2n) is 2.93. The molecular weight excluding hydrogens is 140 g/mol. The molecule has 0 saturated heterocycles. The third kappa shape index (κ3) is 2.05. The van der Waals surface area contributed by atoms with Crippen LogP contribution < -0.4 is 0 Å². The first kappa shape index (κ1) is 8.19. The minimum absolute atomic E-state index is 0.831. The zero-order valence-electron chi connectivity index (χ0n) is 6.89. The lowest BCUT2D eigenvalue weighted by molar-refractivity contribution is 0.626. The van der Waals surface area contributed by atoms with Crippen molar-refractivity contribution in [1.82, 2.24) is 0 Å². The van der Waals surface area contributed by atoms with Gasteiger partial charge in [0.1, 0.15) is 0 Å². The summed E-state index contributed by atoms with van der Waals surface area (Å²) in [5.74, 6) is 2.15. The van der Waals surface area contributed by atoms with Gasteiger partial charge in [0.25, 0.3) is 0 Å². The molecule has 0 bridgehead atoms. The normalized spacial score (nSPS) is 20.8. The summed E-state index contributed by atoms with van der Waals surface area (Å²) in [6, 6.07) is 0. The van der Waals surface area contributed by atoms with Gasteiger partial charge in [0.15, 0.2) is 0 Å². The fourth-order valence-corrected chi connectivity index (χ4v) is 2.47. The molecule has 0 saturated carbocycles. The number of thioether (sulfide) groups is 1. The van der Waals surface area contributed by atoms with Crippen LogP contribution in [0.3, 0.4) is 0 Å². The van der Waals surface area contributed by atoms with Gasteiger partial charge < -0.3 is 0 Å². The highest BCUT2D eigenvalue weighted by Crippen LogP contribution is 2.33. The van der Waals surface area contributed by atoms with Crippen molar-refractivity contribution in [3.8, 4) is 0 Å². The first-order valence-electron chi connectivity index (χ1n) is 4.17. The van der Waals surface area contributed by atoms with Crippen molar-refractivity contribution in [2.75, 3.05) is 5.75 Å². The standard InChI is InChI=1S/C9H16S/c1-3-5-8(2)9-6-4-7-10-9/h6,8H,3-5,7H2,1-2H3. The Morgan fingerprint density at radius 1 is 1.70 bits per heavy atom. The lowest BCUT2D eigenvalue weighted by atomic mass is 10.1. The molecule has 0 aromatic carbocycles. The molecule has 0 N–H and O–H groups in total. The summed E-state index contributed by atoms with van der Waals surface area (Å²) < 4.78 is 0. The SMILES string of the molecule is CCCC(C)C1=CCCS1. The Balaban J connectivity index is 2.32. The smallest absolute Gasteiger partial charge is 0.00118 e. The van der Waals surface area contributed by atoms with Crippen molar-refractivity contribution < 1.29 is 0 Å². The van der Waals surface area contributed by atoms with Gasteiger partial charge in [-0.2, -0.15) is 0 Å². The van der Waals surface area contributed by atoms with Crippen LogP contribution >= 0.6 is 11.8 Å². The molecule has 1 aliphatic rings. The second kappa shape index (κ2) is 4.07. The molecule has 0 amide bonds. The van der Waals surface area contributed by atoms with Gasteiger partial charge in [-0.05, 0) is 23.7 Å². The monoisotopic (exact) mass is 156 g/mol. The van der Waals surface area contributed by atoms with E-state index in [-0.39, 0.29) is 0 Å². The molecule has 0 radical (unpaired) electrons. The predicted octanol–water partition coefficient (Wildman–Crippen LogP) is 3.44. The van der Waals surface area contributed by atoms with Gasteiger partial charge in [0.05, 0.1) is 0 Å². The van der Waals surface area contributed by atoms with Gasteiger partial charge >= 0.3 is 0 Å². The minimum atomic E-state index is 0.831. The van der Waals surface area contributed by atoms with Gasteiger partial charge in [-0.3, -0.25) is 0 Å². The molecular formula is C9H16S. The number of rotatable bonds is 3. The molecule has 1 rings (SSSR count). The Hall–Kier alpha value is 0.0900. The summed E-state index contributed by atoms with van der Waals surface area (Å²) in [6.45, 7) is 4.60. The fraction of sp³-hybridized carbons (Fsp3) is 0.778. The van der Waals surface area contributed by atoms with E-state index in [1.165, 1.54) is 25.0 Å². The largest absolute Gasteiger partial charge is 0.130 e. The van der Waals surface area contributed by atoms with Crippen molar-refractivity contribution >= 4 is 11.8 Å². The Labute approximate surface area is 68.1 Å². The maximum absolute atomic E-state index is 2.41. The second-order valence-corrected chi connectivity index (χ2v) is 4.10. The maximum atomic E-state index is 2.41. The summed E-state index contributed by atoms with van der Waals surface area (Å²) >= 11 is 2.05. The van der Waals surface area contributed by atoms with E-state index in [2.05, 4.69) is 31.7 Å². The Morgan fingerprint density at radius 2 is 2.50 bits per heavy atom. The quantitative estimate of drug-likeness (QED) is 0.603. The van der Waals surface area contributed by atoms with Crippen LogP contribution in [0.5, 0.6) is 0 Å². The first-order chi connectivity index (χ1) is 4.84. The first-order valence-corrected chi connectivity index (χ1v) is 5.16. The topological polar surface area (TPSA) is 0 Å². The zero-order valence-corrected chi connectivity index (χ0v) is 7.71. The highest BCUT2D eigenvalue weighted by atomic mass is 32.2. The van der Waals surface area contributed by atoms with Crippen LogP contribution in [0.4, 0.5) is 0 Å². The Kier molecular flexibility index (Phi) is 3.33. The summed E-state index contributed by atoms with van der Waals surface area (Å²) in [7, 11) is 0. The van der Waals surface area contributed by atoms with E-state index in [9.17, 15) is 0 Å². The summed E-state index contributed by atoms with van der Waals surface area (Å²) in [5.41, 5.74) is 0. The van der Waals surface area contributed by atoms with Crippen molar-refractivity contribution in [2.24, 2.45) is 5.92 Å². The molecule has 1 heteroatoms. The molecule has 0 spiro atoms. The number of hydrogen-bond donors (Lipinski definition) is 0. The van der Waals surface area contributed by atoms with E-state index in [0.717, 1.165) is 5.92 Å². The van der Waals surface area contributed by atoms with Crippen LogP contribution in [0, 0.1) is 5.92 Å². The highest BCUT2D eigenvalue weighted by Gasteiger charge is 2.11. The summed E-state index contributed by atoms with van der Waals surface area (Å²) in [5, 5.41) is 0. The zero-order chi connectivity index (χ0) is 7.40. The van der Waals surface area contributed by atoms with Gasteiger partial charge in [0.2, 0.25) is 0 Å². The van der Waals surface area contributed by atoms with Crippen LogP contribution in [0.1, 0.15) is 33.1 Å². The molecule has 1 heterocycles. The summed E-state index contributed by atoms with van der Waals surface area (Å²) in [6.07, 6.45) is 6.39. The molecule has 0 aromatic rings. The molecule has 0 aliphatic carbocycles. The maximum Gasteiger partial charge on any atom is 0.00118 e. The lowest BCUT2D eigenvalue weighted by Crippen LogP contribution is -1.92. The molecule has 0 aromatic heterocycles. The molecule has 1 aliphatic heterocycles. The van der Waals surface area contributed by atoms with Crippen molar-refractivity contribution in [3.63, 3.8) is 0 Å². The van der Waals surface area contributed by atoms with Crippen LogP contribution in [0.15, 0.2) is 11.0 Å². The van der Waals surface area contributed by atoms with E-state index < -0.39 is 0 Å². The predicted molar refractivity (Wildman–Crippen MR) is 49.2 cm³/mol. The van der Waals surface area contributed by atoms with Gasteiger partial charge in [-0.1, -0.05) is 26.3 Å². The van der Waals surface area contributed by atoms with Crippen molar-refractivity contribution in [1.29, 1.82) is 0 Å². The van der Waals surface area contributed by atoms with E-state index in [1.807, 2.05) is 0 Å². The van der Waals surface area contributed by atoms with Crippen LogP contribution in [-0.2, 0) is 0 Å². The molecule has 10 heavy (non-hydrogen) atoms.